The highest BCUT2D eigenvalue weighted by molar-refractivity contribution is 5.85. The van der Waals surface area contributed by atoms with Crippen molar-refractivity contribution in [2.75, 3.05) is 6.61 Å². The van der Waals surface area contributed by atoms with Gasteiger partial charge in [-0.15, -0.1) is 12.4 Å². The van der Waals surface area contributed by atoms with Crippen LogP contribution in [0.1, 0.15) is 36.6 Å². The van der Waals surface area contributed by atoms with E-state index in [9.17, 15) is 10.2 Å². The molecule has 1 heterocycles. The van der Waals surface area contributed by atoms with Crippen molar-refractivity contribution in [1.82, 2.24) is 5.32 Å². The highest BCUT2D eigenvalue weighted by atomic mass is 35.5. The van der Waals surface area contributed by atoms with E-state index in [-0.39, 0.29) is 31.1 Å². The Bertz CT molecular complexity index is 1010. The molecule has 6 heteroatoms. The SMILES string of the molecule is CC1(C)Oc2ccccc2C(NC(CO)Cc2ccc(OCc3ccccc3)cc2)C1O.Cl. The number of nitrogens with one attached hydrogen (secondary N) is 1. The molecule has 0 fully saturated rings. The normalized spacial score (nSPS) is 19.5. The summed E-state index contributed by atoms with van der Waals surface area (Å²) in [5.74, 6) is 1.57. The molecule has 176 valence electrons. The van der Waals surface area contributed by atoms with E-state index in [1.165, 1.54) is 0 Å². The van der Waals surface area contributed by atoms with Crippen LogP contribution in [0.2, 0.25) is 0 Å². The topological polar surface area (TPSA) is 71.0 Å². The zero-order valence-electron chi connectivity index (χ0n) is 19.0. The van der Waals surface area contributed by atoms with Gasteiger partial charge in [0.15, 0.2) is 0 Å². The summed E-state index contributed by atoms with van der Waals surface area (Å²) < 4.78 is 11.9. The van der Waals surface area contributed by atoms with E-state index >= 15 is 0 Å². The second-order valence-corrected chi connectivity index (χ2v) is 8.83. The average molecular weight is 470 g/mol. The largest absolute Gasteiger partial charge is 0.489 e. The summed E-state index contributed by atoms with van der Waals surface area (Å²) in [5.41, 5.74) is 2.38. The van der Waals surface area contributed by atoms with Crippen LogP contribution in [-0.2, 0) is 13.0 Å². The van der Waals surface area contributed by atoms with E-state index in [1.807, 2.05) is 92.7 Å². The minimum atomic E-state index is -0.750. The molecule has 3 unspecified atom stereocenters. The van der Waals surface area contributed by atoms with Crippen LogP contribution in [0.5, 0.6) is 11.5 Å². The van der Waals surface area contributed by atoms with Crippen molar-refractivity contribution < 1.29 is 19.7 Å². The van der Waals surface area contributed by atoms with E-state index in [0.29, 0.717) is 13.0 Å². The second-order valence-electron chi connectivity index (χ2n) is 8.83. The molecule has 0 bridgehead atoms. The second kappa shape index (κ2) is 11.0. The molecule has 0 aliphatic carbocycles. The van der Waals surface area contributed by atoms with Crippen LogP contribution in [0.25, 0.3) is 0 Å². The highest BCUT2D eigenvalue weighted by Gasteiger charge is 2.43. The number of hydrogen-bond donors (Lipinski definition) is 3. The maximum Gasteiger partial charge on any atom is 0.131 e. The van der Waals surface area contributed by atoms with E-state index < -0.39 is 11.7 Å². The van der Waals surface area contributed by atoms with Crippen LogP contribution in [0.4, 0.5) is 0 Å². The number of aliphatic hydroxyl groups excluding tert-OH is 2. The van der Waals surface area contributed by atoms with Gasteiger partial charge in [-0.3, -0.25) is 0 Å². The number of fused-ring (bicyclic) bond motifs is 1. The fourth-order valence-electron chi connectivity index (χ4n) is 4.10. The number of rotatable bonds is 8. The minimum absolute atomic E-state index is 0. The van der Waals surface area contributed by atoms with Gasteiger partial charge in [-0.05, 0) is 49.6 Å². The van der Waals surface area contributed by atoms with E-state index in [2.05, 4.69) is 5.32 Å². The molecule has 3 N–H and O–H groups in total. The van der Waals surface area contributed by atoms with Crippen LogP contribution in [-0.4, -0.2) is 34.6 Å². The van der Waals surface area contributed by atoms with E-state index in [1.54, 1.807) is 0 Å². The molecular formula is C27H32ClNO4. The first-order valence-corrected chi connectivity index (χ1v) is 11.0. The molecule has 1 aliphatic rings. The third-order valence-electron chi connectivity index (χ3n) is 5.94. The molecule has 1 aliphatic heterocycles. The molecule has 0 amide bonds. The zero-order chi connectivity index (χ0) is 22.6. The lowest BCUT2D eigenvalue weighted by atomic mass is 9.86. The first-order valence-electron chi connectivity index (χ1n) is 11.0. The van der Waals surface area contributed by atoms with Gasteiger partial charge < -0.3 is 25.0 Å². The Hall–Kier alpha value is -2.57. The molecule has 5 nitrogen and oxygen atoms in total. The van der Waals surface area contributed by atoms with E-state index in [0.717, 1.165) is 28.2 Å². The number of para-hydroxylation sites is 1. The van der Waals surface area contributed by atoms with Crippen LogP contribution >= 0.6 is 12.4 Å². The Balaban J connectivity index is 0.00000306. The molecule has 3 aromatic carbocycles. The molecule has 0 saturated heterocycles. The average Bonchev–Trinajstić information content (AvgIpc) is 2.81. The lowest BCUT2D eigenvalue weighted by Crippen LogP contribution is -2.54. The minimum Gasteiger partial charge on any atom is -0.489 e. The zero-order valence-corrected chi connectivity index (χ0v) is 19.8. The van der Waals surface area contributed by atoms with Crippen molar-refractivity contribution in [3.05, 3.63) is 95.6 Å². The van der Waals surface area contributed by atoms with E-state index in [4.69, 9.17) is 9.47 Å². The molecule has 4 rings (SSSR count). The third kappa shape index (κ3) is 6.06. The number of benzene rings is 3. The summed E-state index contributed by atoms with van der Waals surface area (Å²) in [6, 6.07) is 25.2. The van der Waals surface area contributed by atoms with Gasteiger partial charge in [0.2, 0.25) is 0 Å². The summed E-state index contributed by atoms with van der Waals surface area (Å²) in [4.78, 5) is 0. The molecule has 0 aromatic heterocycles. The highest BCUT2D eigenvalue weighted by Crippen LogP contribution is 2.39. The predicted molar refractivity (Wildman–Crippen MR) is 132 cm³/mol. The smallest absolute Gasteiger partial charge is 0.131 e. The van der Waals surface area contributed by atoms with Crippen LogP contribution in [0, 0.1) is 0 Å². The molecular weight excluding hydrogens is 438 g/mol. The fraction of sp³-hybridized carbons (Fsp3) is 0.333. The van der Waals surface area contributed by atoms with Crippen LogP contribution in [0.3, 0.4) is 0 Å². The Morgan fingerprint density at radius 3 is 2.30 bits per heavy atom. The van der Waals surface area contributed by atoms with Crippen LogP contribution in [0.15, 0.2) is 78.9 Å². The van der Waals surface area contributed by atoms with Crippen molar-refractivity contribution >= 4 is 12.4 Å². The van der Waals surface area contributed by atoms with Crippen molar-refractivity contribution in [2.24, 2.45) is 0 Å². The number of halogens is 1. The Morgan fingerprint density at radius 1 is 0.939 bits per heavy atom. The van der Waals surface area contributed by atoms with Gasteiger partial charge >= 0.3 is 0 Å². The third-order valence-corrected chi connectivity index (χ3v) is 5.94. The fourth-order valence-corrected chi connectivity index (χ4v) is 4.10. The monoisotopic (exact) mass is 469 g/mol. The summed E-state index contributed by atoms with van der Waals surface area (Å²) in [5, 5.41) is 24.5. The van der Waals surface area contributed by atoms with Crippen molar-refractivity contribution in [3.8, 4) is 11.5 Å². The van der Waals surface area contributed by atoms with Crippen LogP contribution < -0.4 is 14.8 Å². The lowest BCUT2D eigenvalue weighted by Gasteiger charge is -2.43. The maximum absolute atomic E-state index is 11.0. The molecule has 0 spiro atoms. The van der Waals surface area contributed by atoms with Crippen molar-refractivity contribution in [1.29, 1.82) is 0 Å². The van der Waals surface area contributed by atoms with Gasteiger partial charge in [-0.1, -0.05) is 60.7 Å². The number of ether oxygens (including phenoxy) is 2. The summed E-state index contributed by atoms with van der Waals surface area (Å²) in [6.45, 7) is 4.24. The summed E-state index contributed by atoms with van der Waals surface area (Å²) in [6.07, 6.45) is -0.123. The molecule has 3 aromatic rings. The lowest BCUT2D eigenvalue weighted by molar-refractivity contribution is -0.0674. The van der Waals surface area contributed by atoms with Gasteiger partial charge in [-0.25, -0.2) is 0 Å². The van der Waals surface area contributed by atoms with Crippen molar-refractivity contribution in [3.63, 3.8) is 0 Å². The Labute approximate surface area is 201 Å². The molecule has 0 saturated carbocycles. The van der Waals surface area contributed by atoms with Crippen molar-refractivity contribution in [2.45, 2.75) is 50.7 Å². The first kappa shape index (κ1) is 25.1. The molecule has 0 radical (unpaired) electrons. The molecule has 33 heavy (non-hydrogen) atoms. The first-order chi connectivity index (χ1) is 15.5. The number of hydrogen-bond acceptors (Lipinski definition) is 5. The predicted octanol–water partition coefficient (Wildman–Crippen LogP) is 4.45. The van der Waals surface area contributed by atoms with Gasteiger partial charge in [-0.2, -0.15) is 0 Å². The van der Waals surface area contributed by atoms with Gasteiger partial charge in [0.25, 0.3) is 0 Å². The van der Waals surface area contributed by atoms with Gasteiger partial charge in [0.05, 0.1) is 12.6 Å². The molecule has 3 atom stereocenters. The van der Waals surface area contributed by atoms with Gasteiger partial charge in [0, 0.05) is 11.6 Å². The van der Waals surface area contributed by atoms with Gasteiger partial charge in [0.1, 0.15) is 29.8 Å². The number of aliphatic hydroxyl groups is 2. The Morgan fingerprint density at radius 2 is 1.61 bits per heavy atom. The summed E-state index contributed by atoms with van der Waals surface area (Å²) in [7, 11) is 0. The maximum atomic E-state index is 11.0. The quantitative estimate of drug-likeness (QED) is 0.454. The Kier molecular flexibility index (Phi) is 8.38. The summed E-state index contributed by atoms with van der Waals surface area (Å²) >= 11 is 0. The standard InChI is InChI=1S/C27H31NO4.ClH/c1-27(2)26(30)25(23-10-6-7-11-24(23)32-27)28-21(17-29)16-19-12-14-22(15-13-19)31-18-20-8-4-3-5-9-20;/h3-15,21,25-26,28-30H,16-18H2,1-2H3;1H.